The number of nitrogens with one attached hydrogen (secondary N) is 1. The Bertz CT molecular complexity index is 612. The lowest BCUT2D eigenvalue weighted by molar-refractivity contribution is 0.174. The van der Waals surface area contributed by atoms with Gasteiger partial charge in [0, 0.05) is 37.1 Å². The SMILES string of the molecule is CSc1cc2c(cc1S(=O)(=O)N1CCNCC1)OCO2. The van der Waals surface area contributed by atoms with Crippen LogP contribution in [0, 0.1) is 0 Å². The second-order valence-electron chi connectivity index (χ2n) is 4.51. The van der Waals surface area contributed by atoms with Gasteiger partial charge in [0.2, 0.25) is 16.8 Å². The van der Waals surface area contributed by atoms with E-state index < -0.39 is 10.0 Å². The van der Waals surface area contributed by atoms with Gasteiger partial charge in [-0.15, -0.1) is 11.8 Å². The Kier molecular flexibility index (Phi) is 3.80. The highest BCUT2D eigenvalue weighted by atomic mass is 32.2. The molecule has 0 radical (unpaired) electrons. The van der Waals surface area contributed by atoms with Crippen LogP contribution in [0.4, 0.5) is 0 Å². The Morgan fingerprint density at radius 1 is 1.20 bits per heavy atom. The van der Waals surface area contributed by atoms with Crippen molar-refractivity contribution in [2.24, 2.45) is 0 Å². The molecule has 0 bridgehead atoms. The zero-order valence-corrected chi connectivity index (χ0v) is 12.7. The largest absolute Gasteiger partial charge is 0.454 e. The van der Waals surface area contributed by atoms with Gasteiger partial charge in [0.15, 0.2) is 11.5 Å². The molecule has 1 fully saturated rings. The molecule has 0 aliphatic carbocycles. The van der Waals surface area contributed by atoms with Crippen LogP contribution in [0.3, 0.4) is 0 Å². The quantitative estimate of drug-likeness (QED) is 0.829. The molecule has 0 spiro atoms. The molecule has 2 aliphatic heterocycles. The van der Waals surface area contributed by atoms with Crippen LogP contribution in [0.1, 0.15) is 0 Å². The third kappa shape index (κ3) is 2.37. The molecule has 0 atom stereocenters. The molecule has 3 rings (SSSR count). The minimum Gasteiger partial charge on any atom is -0.454 e. The highest BCUT2D eigenvalue weighted by Gasteiger charge is 2.30. The Morgan fingerprint density at radius 2 is 1.85 bits per heavy atom. The third-order valence-electron chi connectivity index (χ3n) is 3.35. The van der Waals surface area contributed by atoms with Crippen LogP contribution in [0.25, 0.3) is 0 Å². The molecule has 1 aromatic rings. The number of fused-ring (bicyclic) bond motifs is 1. The standard InChI is InChI=1S/C12H16N2O4S2/c1-19-11-6-9-10(18-8-17-9)7-12(11)20(15,16)14-4-2-13-3-5-14/h6-7,13H,2-5,8H2,1H3. The van der Waals surface area contributed by atoms with Crippen molar-refractivity contribution in [3.8, 4) is 11.5 Å². The van der Waals surface area contributed by atoms with E-state index >= 15 is 0 Å². The van der Waals surface area contributed by atoms with E-state index in [9.17, 15) is 8.42 Å². The van der Waals surface area contributed by atoms with E-state index in [1.807, 2.05) is 6.26 Å². The van der Waals surface area contributed by atoms with Crippen molar-refractivity contribution in [2.75, 3.05) is 39.2 Å². The topological polar surface area (TPSA) is 67.9 Å². The van der Waals surface area contributed by atoms with Crippen LogP contribution in [-0.4, -0.2) is 52.0 Å². The summed E-state index contributed by atoms with van der Waals surface area (Å²) in [5.41, 5.74) is 0. The zero-order valence-electron chi connectivity index (χ0n) is 11.1. The normalized spacial score (nSPS) is 19.2. The van der Waals surface area contributed by atoms with E-state index in [-0.39, 0.29) is 6.79 Å². The molecule has 0 aromatic heterocycles. The molecule has 2 aliphatic rings. The highest BCUT2D eigenvalue weighted by molar-refractivity contribution is 7.99. The number of rotatable bonds is 3. The van der Waals surface area contributed by atoms with Crippen molar-refractivity contribution >= 4 is 21.8 Å². The highest BCUT2D eigenvalue weighted by Crippen LogP contribution is 2.40. The summed E-state index contributed by atoms with van der Waals surface area (Å²) in [4.78, 5) is 0.990. The number of ether oxygens (including phenoxy) is 2. The van der Waals surface area contributed by atoms with Gasteiger partial charge in [0.25, 0.3) is 0 Å². The molecule has 1 saturated heterocycles. The minimum atomic E-state index is -3.49. The van der Waals surface area contributed by atoms with Crippen LogP contribution in [0.15, 0.2) is 21.9 Å². The van der Waals surface area contributed by atoms with Crippen LogP contribution in [0.5, 0.6) is 11.5 Å². The summed E-state index contributed by atoms with van der Waals surface area (Å²) in [7, 11) is -3.49. The van der Waals surface area contributed by atoms with Crippen LogP contribution in [-0.2, 0) is 10.0 Å². The maximum atomic E-state index is 12.8. The zero-order chi connectivity index (χ0) is 14.2. The lowest BCUT2D eigenvalue weighted by Crippen LogP contribution is -2.46. The van der Waals surface area contributed by atoms with Crippen molar-refractivity contribution in [1.82, 2.24) is 9.62 Å². The summed E-state index contributed by atoms with van der Waals surface area (Å²) in [6, 6.07) is 3.31. The van der Waals surface area contributed by atoms with Crippen LogP contribution < -0.4 is 14.8 Å². The second kappa shape index (κ2) is 5.44. The summed E-state index contributed by atoms with van der Waals surface area (Å²) in [5, 5.41) is 3.15. The van der Waals surface area contributed by atoms with E-state index in [2.05, 4.69) is 5.32 Å². The first kappa shape index (κ1) is 14.0. The summed E-state index contributed by atoms with van der Waals surface area (Å²) in [6.45, 7) is 2.48. The second-order valence-corrected chi connectivity index (χ2v) is 7.26. The van der Waals surface area contributed by atoms with Gasteiger partial charge in [0.1, 0.15) is 0 Å². The first-order valence-corrected chi connectivity index (χ1v) is 8.98. The van der Waals surface area contributed by atoms with Crippen molar-refractivity contribution in [2.45, 2.75) is 9.79 Å². The molecule has 8 heteroatoms. The number of piperazine rings is 1. The molecule has 0 saturated carbocycles. The molecule has 2 heterocycles. The Morgan fingerprint density at radius 3 is 2.50 bits per heavy atom. The summed E-state index contributed by atoms with van der Waals surface area (Å²) >= 11 is 1.40. The molecule has 6 nitrogen and oxygen atoms in total. The Balaban J connectivity index is 2.04. The summed E-state index contributed by atoms with van der Waals surface area (Å²) in [6.07, 6.45) is 1.86. The van der Waals surface area contributed by atoms with Gasteiger partial charge in [-0.25, -0.2) is 8.42 Å². The maximum absolute atomic E-state index is 12.8. The van der Waals surface area contributed by atoms with Gasteiger partial charge in [-0.1, -0.05) is 0 Å². The van der Waals surface area contributed by atoms with Gasteiger partial charge in [-0.3, -0.25) is 0 Å². The number of thioether (sulfide) groups is 1. The molecule has 110 valence electrons. The molecule has 1 N–H and O–H groups in total. The number of sulfonamides is 1. The monoisotopic (exact) mass is 316 g/mol. The molecular weight excluding hydrogens is 300 g/mol. The fourth-order valence-corrected chi connectivity index (χ4v) is 4.85. The van der Waals surface area contributed by atoms with E-state index in [0.29, 0.717) is 47.5 Å². The fraction of sp³-hybridized carbons (Fsp3) is 0.500. The van der Waals surface area contributed by atoms with Gasteiger partial charge in [-0.05, 0) is 12.3 Å². The van der Waals surface area contributed by atoms with Crippen molar-refractivity contribution in [3.63, 3.8) is 0 Å². The molecule has 0 amide bonds. The van der Waals surface area contributed by atoms with Gasteiger partial charge in [-0.2, -0.15) is 4.31 Å². The van der Waals surface area contributed by atoms with Gasteiger partial charge < -0.3 is 14.8 Å². The Hall–Kier alpha value is -0.960. The first-order valence-electron chi connectivity index (χ1n) is 6.31. The molecule has 20 heavy (non-hydrogen) atoms. The summed E-state index contributed by atoms with van der Waals surface area (Å²) < 4.78 is 37.6. The fourth-order valence-electron chi connectivity index (χ4n) is 2.29. The van der Waals surface area contributed by atoms with E-state index in [4.69, 9.17) is 9.47 Å². The van der Waals surface area contributed by atoms with Crippen LogP contribution >= 0.6 is 11.8 Å². The lowest BCUT2D eigenvalue weighted by atomic mass is 10.3. The molecule has 0 unspecified atom stereocenters. The predicted octanol–water partition coefficient (Wildman–Crippen LogP) is 0.731. The smallest absolute Gasteiger partial charge is 0.244 e. The first-order chi connectivity index (χ1) is 9.63. The number of hydrogen-bond donors (Lipinski definition) is 1. The number of hydrogen-bond acceptors (Lipinski definition) is 6. The minimum absolute atomic E-state index is 0.139. The molecular formula is C12H16N2O4S2. The predicted molar refractivity (Wildman–Crippen MR) is 76.0 cm³/mol. The third-order valence-corrected chi connectivity index (χ3v) is 6.20. The van der Waals surface area contributed by atoms with Crippen molar-refractivity contribution in [1.29, 1.82) is 0 Å². The average Bonchev–Trinajstić information content (AvgIpc) is 2.94. The maximum Gasteiger partial charge on any atom is 0.244 e. The van der Waals surface area contributed by atoms with Gasteiger partial charge in [0.05, 0.1) is 4.90 Å². The number of benzene rings is 1. The average molecular weight is 316 g/mol. The lowest BCUT2D eigenvalue weighted by Gasteiger charge is -2.27. The van der Waals surface area contributed by atoms with E-state index in [1.54, 1.807) is 12.1 Å². The van der Waals surface area contributed by atoms with Crippen molar-refractivity contribution < 1.29 is 17.9 Å². The van der Waals surface area contributed by atoms with E-state index in [0.717, 1.165) is 0 Å². The summed E-state index contributed by atoms with van der Waals surface area (Å²) in [5.74, 6) is 1.10. The van der Waals surface area contributed by atoms with Crippen molar-refractivity contribution in [3.05, 3.63) is 12.1 Å². The van der Waals surface area contributed by atoms with Gasteiger partial charge >= 0.3 is 0 Å². The van der Waals surface area contributed by atoms with E-state index in [1.165, 1.54) is 16.1 Å². The van der Waals surface area contributed by atoms with Crippen LogP contribution in [0.2, 0.25) is 0 Å². The number of nitrogens with zero attached hydrogens (tertiary/aromatic N) is 1. The molecule has 1 aromatic carbocycles. The Labute approximate surface area is 122 Å².